The van der Waals surface area contributed by atoms with Gasteiger partial charge >= 0.3 is 0 Å². The highest BCUT2D eigenvalue weighted by Gasteiger charge is 2.22. The van der Waals surface area contributed by atoms with Gasteiger partial charge in [-0.25, -0.2) is 15.0 Å². The maximum Gasteiger partial charge on any atom is 0.205 e. The predicted octanol–water partition coefficient (Wildman–Crippen LogP) is 3.90. The van der Waals surface area contributed by atoms with Gasteiger partial charge in [-0.2, -0.15) is 0 Å². The standard InChI is InChI=1S/C25H30N6O2/c1-18-27-16-22(33-18)17-31-24-23(4-3-12-26-24)29-25(31)28-20-10-14-30(15-11-20)13-9-19-5-7-21(32-2)8-6-19/h3-8,12,16,20H,9-11,13-15,17H2,1-2H3,(H,28,29). The summed E-state index contributed by atoms with van der Waals surface area (Å²) in [6, 6.07) is 12.7. The second-order valence-electron chi connectivity index (χ2n) is 8.57. The molecule has 1 saturated heterocycles. The average Bonchev–Trinajstić information content (AvgIpc) is 3.42. The van der Waals surface area contributed by atoms with Crippen molar-refractivity contribution >= 4 is 17.1 Å². The minimum Gasteiger partial charge on any atom is -0.497 e. The number of anilines is 1. The van der Waals surface area contributed by atoms with Crippen molar-refractivity contribution in [2.24, 2.45) is 0 Å². The number of benzene rings is 1. The number of aromatic nitrogens is 4. The Morgan fingerprint density at radius 3 is 2.67 bits per heavy atom. The lowest BCUT2D eigenvalue weighted by Crippen LogP contribution is -2.40. The SMILES string of the molecule is COc1ccc(CCN2CCC(Nc3nc4cccnc4n3Cc3cnc(C)o3)CC2)cc1. The van der Waals surface area contributed by atoms with Gasteiger partial charge in [-0.1, -0.05) is 12.1 Å². The van der Waals surface area contributed by atoms with Crippen LogP contribution in [0.3, 0.4) is 0 Å². The van der Waals surface area contributed by atoms with Crippen LogP contribution in [0.4, 0.5) is 5.95 Å². The Labute approximate surface area is 193 Å². The van der Waals surface area contributed by atoms with E-state index < -0.39 is 0 Å². The number of nitrogens with one attached hydrogen (secondary N) is 1. The lowest BCUT2D eigenvalue weighted by atomic mass is 10.0. The fourth-order valence-corrected chi connectivity index (χ4v) is 4.42. The largest absolute Gasteiger partial charge is 0.497 e. The highest BCUT2D eigenvalue weighted by molar-refractivity contribution is 5.74. The number of oxazole rings is 1. The Morgan fingerprint density at radius 2 is 1.94 bits per heavy atom. The second-order valence-corrected chi connectivity index (χ2v) is 8.57. The van der Waals surface area contributed by atoms with Gasteiger partial charge in [0.2, 0.25) is 5.95 Å². The van der Waals surface area contributed by atoms with E-state index in [0.29, 0.717) is 18.5 Å². The third-order valence-electron chi connectivity index (χ3n) is 6.28. The fraction of sp³-hybridized carbons (Fsp3) is 0.400. The molecule has 0 spiro atoms. The molecule has 1 fully saturated rings. The lowest BCUT2D eigenvalue weighted by Gasteiger charge is -2.32. The van der Waals surface area contributed by atoms with Gasteiger partial charge in [-0.3, -0.25) is 4.57 Å². The molecular formula is C25H30N6O2. The number of imidazole rings is 1. The third kappa shape index (κ3) is 5.01. The first-order valence-electron chi connectivity index (χ1n) is 11.5. The molecule has 1 N–H and O–H groups in total. The molecular weight excluding hydrogens is 416 g/mol. The van der Waals surface area contributed by atoms with Gasteiger partial charge in [0.05, 0.1) is 19.9 Å². The molecule has 8 nitrogen and oxygen atoms in total. The van der Waals surface area contributed by atoms with Crippen LogP contribution in [0.5, 0.6) is 5.75 Å². The van der Waals surface area contributed by atoms with Gasteiger partial charge in [0.15, 0.2) is 11.5 Å². The molecule has 5 rings (SSSR count). The summed E-state index contributed by atoms with van der Waals surface area (Å²) >= 11 is 0. The summed E-state index contributed by atoms with van der Waals surface area (Å²) in [5, 5.41) is 3.68. The third-order valence-corrected chi connectivity index (χ3v) is 6.28. The highest BCUT2D eigenvalue weighted by atomic mass is 16.5. The first-order chi connectivity index (χ1) is 16.2. The molecule has 0 radical (unpaired) electrons. The second kappa shape index (κ2) is 9.62. The van der Waals surface area contributed by atoms with Gasteiger partial charge in [0, 0.05) is 38.8 Å². The van der Waals surface area contributed by atoms with Crippen LogP contribution in [0.2, 0.25) is 0 Å². The number of fused-ring (bicyclic) bond motifs is 1. The van der Waals surface area contributed by atoms with E-state index in [2.05, 4.69) is 36.9 Å². The van der Waals surface area contributed by atoms with Crippen LogP contribution in [0, 0.1) is 6.92 Å². The predicted molar refractivity (Wildman–Crippen MR) is 128 cm³/mol. The van der Waals surface area contributed by atoms with Crippen LogP contribution >= 0.6 is 0 Å². The maximum atomic E-state index is 5.71. The van der Waals surface area contributed by atoms with E-state index in [1.807, 2.05) is 31.2 Å². The Bertz CT molecular complexity index is 1190. The number of hydrogen-bond acceptors (Lipinski definition) is 7. The van der Waals surface area contributed by atoms with Crippen molar-refractivity contribution in [3.05, 3.63) is 66.0 Å². The van der Waals surface area contributed by atoms with Crippen LogP contribution in [-0.4, -0.2) is 57.2 Å². The van der Waals surface area contributed by atoms with Crippen molar-refractivity contribution in [3.8, 4) is 5.75 Å². The molecule has 0 aliphatic carbocycles. The Balaban J connectivity index is 1.20. The molecule has 0 saturated carbocycles. The number of ether oxygens (including phenoxy) is 1. The van der Waals surface area contributed by atoms with Crippen molar-refractivity contribution in [2.75, 3.05) is 32.1 Å². The molecule has 1 aliphatic heterocycles. The normalized spacial score (nSPS) is 15.2. The number of rotatable bonds is 8. The first-order valence-corrected chi connectivity index (χ1v) is 11.5. The molecule has 4 heterocycles. The topological polar surface area (TPSA) is 81.2 Å². The highest BCUT2D eigenvalue weighted by Crippen LogP contribution is 2.23. The minimum atomic E-state index is 0.384. The summed E-state index contributed by atoms with van der Waals surface area (Å²) in [5.41, 5.74) is 3.08. The van der Waals surface area contributed by atoms with Crippen molar-refractivity contribution in [1.29, 1.82) is 0 Å². The first kappa shape index (κ1) is 21.5. The number of nitrogens with zero attached hydrogens (tertiary/aromatic N) is 5. The monoisotopic (exact) mass is 446 g/mol. The zero-order chi connectivity index (χ0) is 22.6. The Hall–Kier alpha value is -3.39. The van der Waals surface area contributed by atoms with Crippen molar-refractivity contribution < 1.29 is 9.15 Å². The molecule has 8 heteroatoms. The van der Waals surface area contributed by atoms with Crippen molar-refractivity contribution in [2.45, 2.75) is 38.8 Å². The lowest BCUT2D eigenvalue weighted by molar-refractivity contribution is 0.221. The van der Waals surface area contributed by atoms with Gasteiger partial charge in [-0.15, -0.1) is 0 Å². The zero-order valence-corrected chi connectivity index (χ0v) is 19.2. The molecule has 0 atom stereocenters. The maximum absolute atomic E-state index is 5.71. The summed E-state index contributed by atoms with van der Waals surface area (Å²) in [5.74, 6) is 3.22. The van der Waals surface area contributed by atoms with Gasteiger partial charge in [0.25, 0.3) is 0 Å². The zero-order valence-electron chi connectivity index (χ0n) is 19.2. The molecule has 33 heavy (non-hydrogen) atoms. The molecule has 0 bridgehead atoms. The number of methoxy groups -OCH3 is 1. The van der Waals surface area contributed by atoms with E-state index in [0.717, 1.165) is 67.5 Å². The van der Waals surface area contributed by atoms with Crippen LogP contribution in [-0.2, 0) is 13.0 Å². The van der Waals surface area contributed by atoms with E-state index in [1.165, 1.54) is 5.56 Å². The van der Waals surface area contributed by atoms with E-state index >= 15 is 0 Å². The van der Waals surface area contributed by atoms with Gasteiger partial charge in [-0.05, 0) is 49.1 Å². The summed E-state index contributed by atoms with van der Waals surface area (Å²) in [7, 11) is 1.70. The number of pyridine rings is 1. The number of aryl methyl sites for hydroxylation is 1. The summed E-state index contributed by atoms with van der Waals surface area (Å²) < 4.78 is 13.1. The molecule has 1 aliphatic rings. The van der Waals surface area contributed by atoms with E-state index in [1.54, 1.807) is 19.5 Å². The van der Waals surface area contributed by atoms with Gasteiger partial charge < -0.3 is 19.4 Å². The molecule has 0 unspecified atom stereocenters. The fourth-order valence-electron chi connectivity index (χ4n) is 4.42. The smallest absolute Gasteiger partial charge is 0.205 e. The summed E-state index contributed by atoms with van der Waals surface area (Å²) in [6.07, 6.45) is 6.80. The van der Waals surface area contributed by atoms with E-state index in [4.69, 9.17) is 14.1 Å². The van der Waals surface area contributed by atoms with Crippen LogP contribution < -0.4 is 10.1 Å². The summed E-state index contributed by atoms with van der Waals surface area (Å²) in [6.45, 7) is 5.64. The average molecular weight is 447 g/mol. The minimum absolute atomic E-state index is 0.384. The van der Waals surface area contributed by atoms with E-state index in [9.17, 15) is 0 Å². The number of likely N-dealkylation sites (tertiary alicyclic amines) is 1. The van der Waals surface area contributed by atoms with Gasteiger partial charge in [0.1, 0.15) is 17.0 Å². The Morgan fingerprint density at radius 1 is 1.12 bits per heavy atom. The number of hydrogen-bond donors (Lipinski definition) is 1. The van der Waals surface area contributed by atoms with E-state index in [-0.39, 0.29) is 0 Å². The molecule has 3 aromatic heterocycles. The molecule has 0 amide bonds. The van der Waals surface area contributed by atoms with Crippen molar-refractivity contribution in [1.82, 2.24) is 24.4 Å². The van der Waals surface area contributed by atoms with Crippen LogP contribution in [0.15, 0.2) is 53.2 Å². The molecule has 4 aromatic rings. The Kier molecular flexibility index (Phi) is 6.26. The molecule has 1 aromatic carbocycles. The number of piperidine rings is 1. The van der Waals surface area contributed by atoms with Crippen molar-refractivity contribution in [3.63, 3.8) is 0 Å². The summed E-state index contributed by atoms with van der Waals surface area (Å²) in [4.78, 5) is 16.2. The molecule has 172 valence electrons. The van der Waals surface area contributed by atoms with Crippen LogP contribution in [0.25, 0.3) is 11.2 Å². The quantitative estimate of drug-likeness (QED) is 0.440. The van der Waals surface area contributed by atoms with Crippen LogP contribution in [0.1, 0.15) is 30.1 Å².